The van der Waals surface area contributed by atoms with E-state index in [9.17, 15) is 4.79 Å². The van der Waals surface area contributed by atoms with E-state index < -0.39 is 0 Å². The Labute approximate surface area is 180 Å². The van der Waals surface area contributed by atoms with E-state index in [1.165, 1.54) is 17.3 Å². The highest BCUT2D eigenvalue weighted by Gasteiger charge is 2.16. The van der Waals surface area contributed by atoms with E-state index in [1.54, 1.807) is 38.5 Å². The van der Waals surface area contributed by atoms with Gasteiger partial charge in [0.1, 0.15) is 11.5 Å². The second kappa shape index (κ2) is 9.98. The Hall–Kier alpha value is -3.26. The van der Waals surface area contributed by atoms with Gasteiger partial charge in [-0.15, -0.1) is 16.8 Å². The highest BCUT2D eigenvalue weighted by Crippen LogP contribution is 2.29. The fraction of sp³-hybridized carbons (Fsp3) is 0.227. The van der Waals surface area contributed by atoms with Crippen molar-refractivity contribution in [2.24, 2.45) is 0 Å². The molecule has 1 aromatic heterocycles. The van der Waals surface area contributed by atoms with Gasteiger partial charge in [-0.2, -0.15) is 0 Å². The number of benzene rings is 2. The molecule has 0 saturated heterocycles. The number of anilines is 1. The summed E-state index contributed by atoms with van der Waals surface area (Å²) in [6.45, 7) is 6.40. The molecule has 0 saturated carbocycles. The summed E-state index contributed by atoms with van der Waals surface area (Å²) in [6, 6.07) is 13.3. The molecule has 156 valence electrons. The molecule has 0 radical (unpaired) electrons. The fourth-order valence-corrected chi connectivity index (χ4v) is 3.58. The number of hydrogen-bond acceptors (Lipinski definition) is 6. The molecule has 0 spiro atoms. The standard InChI is InChI=1S/C22H24N4O3S/c1-5-12-26-21(16-8-6-15(2)7-9-16)24-25-22(26)30-14-20(27)23-18-13-17(28-3)10-11-19(18)29-4/h5-11,13H,1,12,14H2,2-4H3,(H,23,27). The number of carbonyl (C=O) groups excluding carboxylic acids is 1. The third kappa shape index (κ3) is 5.01. The first-order chi connectivity index (χ1) is 14.5. The van der Waals surface area contributed by atoms with Gasteiger partial charge in [0, 0.05) is 18.2 Å². The lowest BCUT2D eigenvalue weighted by atomic mass is 10.1. The molecular weight excluding hydrogens is 400 g/mol. The maximum atomic E-state index is 12.5. The summed E-state index contributed by atoms with van der Waals surface area (Å²) in [5, 5.41) is 12.1. The zero-order valence-electron chi connectivity index (χ0n) is 17.2. The van der Waals surface area contributed by atoms with E-state index in [2.05, 4.69) is 22.1 Å². The Morgan fingerprint density at radius 2 is 1.93 bits per heavy atom. The molecule has 8 heteroatoms. The van der Waals surface area contributed by atoms with Crippen LogP contribution in [0.25, 0.3) is 11.4 Å². The van der Waals surface area contributed by atoms with Gasteiger partial charge in [-0.25, -0.2) is 0 Å². The summed E-state index contributed by atoms with van der Waals surface area (Å²) >= 11 is 1.31. The van der Waals surface area contributed by atoms with Gasteiger partial charge < -0.3 is 14.8 Å². The average Bonchev–Trinajstić information content (AvgIpc) is 3.15. The van der Waals surface area contributed by atoms with E-state index in [4.69, 9.17) is 9.47 Å². The molecular formula is C22H24N4O3S. The summed E-state index contributed by atoms with van der Waals surface area (Å²) in [6.07, 6.45) is 1.78. The SMILES string of the molecule is C=CCn1c(SCC(=O)Nc2cc(OC)ccc2OC)nnc1-c1ccc(C)cc1. The molecule has 2 aromatic carbocycles. The number of nitrogens with zero attached hydrogens (tertiary/aromatic N) is 3. The number of amides is 1. The predicted molar refractivity (Wildman–Crippen MR) is 119 cm³/mol. The zero-order chi connectivity index (χ0) is 21.5. The number of aryl methyl sites for hydroxylation is 1. The highest BCUT2D eigenvalue weighted by molar-refractivity contribution is 7.99. The van der Waals surface area contributed by atoms with Crippen molar-refractivity contribution in [2.45, 2.75) is 18.6 Å². The van der Waals surface area contributed by atoms with Crippen LogP contribution in [0.2, 0.25) is 0 Å². The van der Waals surface area contributed by atoms with Crippen molar-refractivity contribution in [1.82, 2.24) is 14.8 Å². The van der Waals surface area contributed by atoms with Crippen molar-refractivity contribution >= 4 is 23.4 Å². The Kier molecular flexibility index (Phi) is 7.13. The second-order valence-electron chi connectivity index (χ2n) is 6.47. The summed E-state index contributed by atoms with van der Waals surface area (Å²) < 4.78 is 12.5. The molecule has 3 aromatic rings. The molecule has 0 fully saturated rings. The minimum absolute atomic E-state index is 0.170. The van der Waals surface area contributed by atoms with Gasteiger partial charge in [0.15, 0.2) is 11.0 Å². The molecule has 3 rings (SSSR count). The Balaban J connectivity index is 1.73. The third-order valence-electron chi connectivity index (χ3n) is 4.35. The zero-order valence-corrected chi connectivity index (χ0v) is 18.0. The van der Waals surface area contributed by atoms with Crippen LogP contribution in [0.4, 0.5) is 5.69 Å². The Bertz CT molecular complexity index is 1030. The molecule has 1 amide bonds. The van der Waals surface area contributed by atoms with Crippen LogP contribution in [0.3, 0.4) is 0 Å². The van der Waals surface area contributed by atoms with Crippen LogP contribution in [0.1, 0.15) is 5.56 Å². The topological polar surface area (TPSA) is 78.3 Å². The van der Waals surface area contributed by atoms with E-state index in [-0.39, 0.29) is 11.7 Å². The second-order valence-corrected chi connectivity index (χ2v) is 7.42. The van der Waals surface area contributed by atoms with Crippen LogP contribution in [0.15, 0.2) is 60.3 Å². The minimum Gasteiger partial charge on any atom is -0.497 e. The fourth-order valence-electron chi connectivity index (χ4n) is 2.83. The number of carbonyl (C=O) groups is 1. The molecule has 0 atom stereocenters. The maximum absolute atomic E-state index is 12.5. The summed E-state index contributed by atoms with van der Waals surface area (Å²) in [5.41, 5.74) is 2.69. The normalized spacial score (nSPS) is 10.5. The van der Waals surface area contributed by atoms with Gasteiger partial charge >= 0.3 is 0 Å². The number of ether oxygens (including phenoxy) is 2. The molecule has 1 N–H and O–H groups in total. The number of allylic oxidation sites excluding steroid dienone is 1. The van der Waals surface area contributed by atoms with Crippen molar-refractivity contribution in [3.8, 4) is 22.9 Å². The largest absolute Gasteiger partial charge is 0.497 e. The van der Waals surface area contributed by atoms with Crippen LogP contribution in [0.5, 0.6) is 11.5 Å². The highest BCUT2D eigenvalue weighted by atomic mass is 32.2. The monoisotopic (exact) mass is 424 g/mol. The van der Waals surface area contributed by atoms with Crippen LogP contribution >= 0.6 is 11.8 Å². The number of aromatic nitrogens is 3. The lowest BCUT2D eigenvalue weighted by Gasteiger charge is -2.12. The first kappa shape index (κ1) is 21.4. The molecule has 30 heavy (non-hydrogen) atoms. The van der Waals surface area contributed by atoms with Crippen LogP contribution < -0.4 is 14.8 Å². The quantitative estimate of drug-likeness (QED) is 0.410. The number of thioether (sulfide) groups is 1. The molecule has 0 aliphatic rings. The molecule has 0 unspecified atom stereocenters. The van der Waals surface area contributed by atoms with Crippen molar-refractivity contribution in [2.75, 3.05) is 25.3 Å². The molecule has 7 nitrogen and oxygen atoms in total. The first-order valence-corrected chi connectivity index (χ1v) is 10.3. The van der Waals surface area contributed by atoms with E-state index in [0.717, 1.165) is 11.4 Å². The van der Waals surface area contributed by atoms with E-state index in [1.807, 2.05) is 35.8 Å². The van der Waals surface area contributed by atoms with Crippen LogP contribution in [0, 0.1) is 6.92 Å². The van der Waals surface area contributed by atoms with Gasteiger partial charge in [0.25, 0.3) is 0 Å². The number of hydrogen-bond donors (Lipinski definition) is 1. The van der Waals surface area contributed by atoms with Crippen molar-refractivity contribution in [1.29, 1.82) is 0 Å². The van der Waals surface area contributed by atoms with Gasteiger partial charge in [0.05, 0.1) is 25.7 Å². The molecule has 0 aliphatic heterocycles. The smallest absolute Gasteiger partial charge is 0.234 e. The average molecular weight is 425 g/mol. The first-order valence-electron chi connectivity index (χ1n) is 9.31. The van der Waals surface area contributed by atoms with Crippen molar-refractivity contribution in [3.63, 3.8) is 0 Å². The lowest BCUT2D eigenvalue weighted by Crippen LogP contribution is -2.15. The lowest BCUT2D eigenvalue weighted by molar-refractivity contribution is -0.113. The van der Waals surface area contributed by atoms with E-state index >= 15 is 0 Å². The predicted octanol–water partition coefficient (Wildman–Crippen LogP) is 4.19. The van der Waals surface area contributed by atoms with E-state index in [0.29, 0.717) is 28.9 Å². The Morgan fingerprint density at radius 1 is 1.17 bits per heavy atom. The molecule has 0 bridgehead atoms. The Morgan fingerprint density at radius 3 is 2.60 bits per heavy atom. The minimum atomic E-state index is -0.184. The number of nitrogens with one attached hydrogen (secondary N) is 1. The van der Waals surface area contributed by atoms with Gasteiger partial charge in [-0.3, -0.25) is 9.36 Å². The third-order valence-corrected chi connectivity index (χ3v) is 5.32. The molecule has 0 aliphatic carbocycles. The van der Waals surface area contributed by atoms with Gasteiger partial charge in [-0.1, -0.05) is 47.7 Å². The van der Waals surface area contributed by atoms with Crippen molar-refractivity contribution in [3.05, 3.63) is 60.7 Å². The number of rotatable bonds is 9. The summed E-state index contributed by atoms with van der Waals surface area (Å²) in [4.78, 5) is 12.5. The van der Waals surface area contributed by atoms with Crippen LogP contribution in [-0.4, -0.2) is 40.6 Å². The van der Waals surface area contributed by atoms with Gasteiger partial charge in [-0.05, 0) is 19.1 Å². The van der Waals surface area contributed by atoms with Gasteiger partial charge in [0.2, 0.25) is 5.91 Å². The van der Waals surface area contributed by atoms with Crippen molar-refractivity contribution < 1.29 is 14.3 Å². The summed E-state index contributed by atoms with van der Waals surface area (Å²) in [7, 11) is 3.12. The maximum Gasteiger partial charge on any atom is 0.234 e. The summed E-state index contributed by atoms with van der Waals surface area (Å²) in [5.74, 6) is 1.92. The molecule has 1 heterocycles. The number of methoxy groups -OCH3 is 2. The van der Waals surface area contributed by atoms with Crippen LogP contribution in [-0.2, 0) is 11.3 Å².